The number of nitrogens with one attached hydrogen (secondary N) is 1. The lowest BCUT2D eigenvalue weighted by molar-refractivity contribution is -0.143. The number of urea groups is 1. The minimum atomic E-state index is -0.750. The smallest absolute Gasteiger partial charge is 0.321 e. The summed E-state index contributed by atoms with van der Waals surface area (Å²) in [5, 5.41) is 11.7. The van der Waals surface area contributed by atoms with Gasteiger partial charge in [-0.05, 0) is 38.5 Å². The summed E-state index contributed by atoms with van der Waals surface area (Å²) in [6, 6.07) is -0.112. The molecule has 0 unspecified atom stereocenters. The van der Waals surface area contributed by atoms with Gasteiger partial charge in [0.05, 0.1) is 5.92 Å². The Bertz CT molecular complexity index is 366. The van der Waals surface area contributed by atoms with Gasteiger partial charge in [0.1, 0.15) is 0 Å². The number of piperidine rings is 1. The Labute approximate surface area is 107 Å². The minimum absolute atomic E-state index is 0.112. The number of aliphatic carboxylic acids is 1. The molecule has 1 saturated carbocycles. The van der Waals surface area contributed by atoms with Crippen molar-refractivity contribution < 1.29 is 14.7 Å². The second-order valence-corrected chi connectivity index (χ2v) is 5.21. The zero-order valence-corrected chi connectivity index (χ0v) is 10.7. The third kappa shape index (κ3) is 3.24. The molecular weight excluding hydrogens is 232 g/mol. The summed E-state index contributed by atoms with van der Waals surface area (Å²) in [5.74, 6) is -0.389. The molecule has 18 heavy (non-hydrogen) atoms. The van der Waals surface area contributed by atoms with Crippen LogP contribution in [0, 0.1) is 11.8 Å². The fraction of sp³-hybridized carbons (Fsp3) is 0.692. The fourth-order valence-electron chi connectivity index (χ4n) is 2.25. The molecule has 2 aliphatic rings. The highest BCUT2D eigenvalue weighted by Crippen LogP contribution is 2.35. The summed E-state index contributed by atoms with van der Waals surface area (Å²) >= 11 is 0. The topological polar surface area (TPSA) is 69.6 Å². The average Bonchev–Trinajstić information content (AvgIpc) is 3.20. The summed E-state index contributed by atoms with van der Waals surface area (Å²) in [6.07, 6.45) is 5.34. The van der Waals surface area contributed by atoms with Gasteiger partial charge in [0, 0.05) is 19.3 Å². The van der Waals surface area contributed by atoms with E-state index in [9.17, 15) is 9.59 Å². The molecule has 0 aromatic carbocycles. The van der Waals surface area contributed by atoms with Gasteiger partial charge in [-0.2, -0.15) is 0 Å². The number of carbonyl (C=O) groups excluding carboxylic acids is 1. The molecule has 2 amide bonds. The van der Waals surface area contributed by atoms with Crippen LogP contribution in [-0.2, 0) is 4.79 Å². The highest BCUT2D eigenvalue weighted by Gasteiger charge is 2.27. The maximum atomic E-state index is 11.8. The molecule has 2 fully saturated rings. The van der Waals surface area contributed by atoms with E-state index in [1.54, 1.807) is 11.1 Å². The van der Waals surface area contributed by atoms with Crippen molar-refractivity contribution in [2.45, 2.75) is 32.6 Å². The van der Waals surface area contributed by atoms with Crippen molar-refractivity contribution in [3.8, 4) is 0 Å². The quantitative estimate of drug-likeness (QED) is 0.804. The van der Waals surface area contributed by atoms with Gasteiger partial charge in [-0.1, -0.05) is 5.57 Å². The average molecular weight is 252 g/mol. The summed E-state index contributed by atoms with van der Waals surface area (Å²) in [5.41, 5.74) is 1.23. The van der Waals surface area contributed by atoms with Crippen molar-refractivity contribution in [1.29, 1.82) is 0 Å². The second-order valence-electron chi connectivity index (χ2n) is 5.21. The predicted molar refractivity (Wildman–Crippen MR) is 66.9 cm³/mol. The monoisotopic (exact) mass is 252 g/mol. The van der Waals surface area contributed by atoms with E-state index in [1.165, 1.54) is 18.4 Å². The van der Waals surface area contributed by atoms with Crippen LogP contribution in [-0.4, -0.2) is 35.1 Å². The minimum Gasteiger partial charge on any atom is -0.481 e. The van der Waals surface area contributed by atoms with E-state index >= 15 is 0 Å². The highest BCUT2D eigenvalue weighted by molar-refractivity contribution is 5.76. The molecule has 1 aliphatic carbocycles. The first kappa shape index (κ1) is 12.9. The number of amides is 2. The molecule has 100 valence electrons. The number of carboxylic acid groups (broad SMARTS) is 1. The first-order chi connectivity index (χ1) is 8.58. The van der Waals surface area contributed by atoms with Crippen LogP contribution in [0.3, 0.4) is 0 Å². The van der Waals surface area contributed by atoms with Crippen molar-refractivity contribution in [3.63, 3.8) is 0 Å². The van der Waals surface area contributed by atoms with Gasteiger partial charge in [0.2, 0.25) is 0 Å². The first-order valence-electron chi connectivity index (χ1n) is 6.53. The third-order valence-corrected chi connectivity index (χ3v) is 3.78. The lowest BCUT2D eigenvalue weighted by Crippen LogP contribution is -2.44. The van der Waals surface area contributed by atoms with Crippen molar-refractivity contribution >= 4 is 12.0 Å². The third-order valence-electron chi connectivity index (χ3n) is 3.78. The SMILES string of the molecule is C/C(=C\NC(=O)N1CCC(C(=O)O)CC1)C1CC1. The van der Waals surface area contributed by atoms with Crippen molar-refractivity contribution in [2.75, 3.05) is 13.1 Å². The van der Waals surface area contributed by atoms with Crippen LogP contribution in [0.4, 0.5) is 4.79 Å². The van der Waals surface area contributed by atoms with E-state index in [-0.39, 0.29) is 11.9 Å². The van der Waals surface area contributed by atoms with E-state index in [4.69, 9.17) is 5.11 Å². The molecule has 0 radical (unpaired) electrons. The van der Waals surface area contributed by atoms with Gasteiger partial charge in [-0.15, -0.1) is 0 Å². The molecule has 1 heterocycles. The number of carbonyl (C=O) groups is 2. The van der Waals surface area contributed by atoms with E-state index < -0.39 is 5.97 Å². The van der Waals surface area contributed by atoms with E-state index in [1.807, 2.05) is 6.92 Å². The van der Waals surface area contributed by atoms with E-state index in [0.717, 1.165) is 0 Å². The summed E-state index contributed by atoms with van der Waals surface area (Å²) in [7, 11) is 0. The Hall–Kier alpha value is -1.52. The molecule has 1 saturated heterocycles. The van der Waals surface area contributed by atoms with Gasteiger partial charge >= 0.3 is 12.0 Å². The number of likely N-dealkylation sites (tertiary alicyclic amines) is 1. The Balaban J connectivity index is 1.76. The van der Waals surface area contributed by atoms with Crippen molar-refractivity contribution in [1.82, 2.24) is 10.2 Å². The van der Waals surface area contributed by atoms with Crippen molar-refractivity contribution in [3.05, 3.63) is 11.8 Å². The molecule has 0 spiro atoms. The lowest BCUT2D eigenvalue weighted by Gasteiger charge is -2.29. The molecule has 0 aromatic rings. The van der Waals surface area contributed by atoms with Crippen LogP contribution in [0.1, 0.15) is 32.6 Å². The first-order valence-corrected chi connectivity index (χ1v) is 6.53. The van der Waals surface area contributed by atoms with Crippen LogP contribution in [0.5, 0.6) is 0 Å². The van der Waals surface area contributed by atoms with Crippen LogP contribution in [0.25, 0.3) is 0 Å². The zero-order chi connectivity index (χ0) is 13.1. The van der Waals surface area contributed by atoms with E-state index in [2.05, 4.69) is 5.32 Å². The molecule has 5 nitrogen and oxygen atoms in total. The normalized spacial score (nSPS) is 21.8. The van der Waals surface area contributed by atoms with E-state index in [0.29, 0.717) is 31.8 Å². The van der Waals surface area contributed by atoms with Gasteiger partial charge in [0.15, 0.2) is 0 Å². The highest BCUT2D eigenvalue weighted by atomic mass is 16.4. The Morgan fingerprint density at radius 3 is 2.28 bits per heavy atom. The number of rotatable bonds is 3. The van der Waals surface area contributed by atoms with Crippen LogP contribution >= 0.6 is 0 Å². The standard InChI is InChI=1S/C13H20N2O3/c1-9(10-2-3-10)8-14-13(18)15-6-4-11(5-7-15)12(16)17/h8,10-11H,2-7H2,1H3,(H,14,18)(H,16,17)/b9-8+. The lowest BCUT2D eigenvalue weighted by atomic mass is 9.97. The maximum Gasteiger partial charge on any atom is 0.321 e. The predicted octanol–water partition coefficient (Wildman–Crippen LogP) is 1.81. The maximum absolute atomic E-state index is 11.8. The van der Waals surface area contributed by atoms with Crippen LogP contribution < -0.4 is 5.32 Å². The number of allylic oxidation sites excluding steroid dienone is 1. The molecule has 1 aliphatic heterocycles. The molecular formula is C13H20N2O3. The molecule has 0 bridgehead atoms. The Kier molecular flexibility index (Phi) is 3.89. The van der Waals surface area contributed by atoms with Crippen LogP contribution in [0.2, 0.25) is 0 Å². The number of hydrogen-bond donors (Lipinski definition) is 2. The van der Waals surface area contributed by atoms with Gasteiger partial charge in [-0.3, -0.25) is 4.79 Å². The number of nitrogens with zero attached hydrogens (tertiary/aromatic N) is 1. The Morgan fingerprint density at radius 2 is 1.78 bits per heavy atom. The van der Waals surface area contributed by atoms with Crippen LogP contribution in [0.15, 0.2) is 11.8 Å². The summed E-state index contributed by atoms with van der Waals surface area (Å²) < 4.78 is 0. The Morgan fingerprint density at radius 1 is 1.17 bits per heavy atom. The molecule has 0 aromatic heterocycles. The summed E-state index contributed by atoms with van der Waals surface area (Å²) in [4.78, 5) is 24.3. The van der Waals surface area contributed by atoms with Gasteiger partial charge in [0.25, 0.3) is 0 Å². The largest absolute Gasteiger partial charge is 0.481 e. The van der Waals surface area contributed by atoms with Gasteiger partial charge in [-0.25, -0.2) is 4.79 Å². The molecule has 2 rings (SSSR count). The zero-order valence-electron chi connectivity index (χ0n) is 10.7. The molecule has 5 heteroatoms. The molecule has 2 N–H and O–H groups in total. The molecule has 0 atom stereocenters. The number of hydrogen-bond acceptors (Lipinski definition) is 2. The van der Waals surface area contributed by atoms with Crippen molar-refractivity contribution in [2.24, 2.45) is 11.8 Å². The fourth-order valence-corrected chi connectivity index (χ4v) is 2.25. The number of carboxylic acids is 1. The second kappa shape index (κ2) is 5.42. The summed E-state index contributed by atoms with van der Waals surface area (Å²) in [6.45, 7) is 3.09. The van der Waals surface area contributed by atoms with Gasteiger partial charge < -0.3 is 15.3 Å².